The summed E-state index contributed by atoms with van der Waals surface area (Å²) in [4.78, 5) is 8.24. The fourth-order valence-corrected chi connectivity index (χ4v) is 2.36. The van der Waals surface area contributed by atoms with Crippen LogP contribution in [0.25, 0.3) is 22.3 Å². The summed E-state index contributed by atoms with van der Waals surface area (Å²) in [6, 6.07) is 5.18. The summed E-state index contributed by atoms with van der Waals surface area (Å²) in [6.07, 6.45) is 1.63. The van der Waals surface area contributed by atoms with Gasteiger partial charge >= 0.3 is 0 Å². The van der Waals surface area contributed by atoms with Crippen LogP contribution in [0, 0.1) is 0 Å². The normalized spacial score (nSPS) is 11.1. The first-order chi connectivity index (χ1) is 8.65. The van der Waals surface area contributed by atoms with Gasteiger partial charge in [-0.15, -0.1) is 0 Å². The van der Waals surface area contributed by atoms with E-state index in [-0.39, 0.29) is 5.28 Å². The van der Waals surface area contributed by atoms with Crippen LogP contribution in [0.4, 0.5) is 0 Å². The molecule has 3 rings (SSSR count). The number of rotatable bonds is 1. The Kier molecular flexibility index (Phi) is 2.86. The van der Waals surface area contributed by atoms with Crippen molar-refractivity contribution in [1.82, 2.24) is 20.2 Å². The number of hydrogen-bond acceptors (Lipinski definition) is 3. The Morgan fingerprint density at radius 1 is 1.06 bits per heavy atom. The summed E-state index contributed by atoms with van der Waals surface area (Å²) in [5, 5.41) is 8.61. The summed E-state index contributed by atoms with van der Waals surface area (Å²) in [6.45, 7) is 0. The summed E-state index contributed by atoms with van der Waals surface area (Å²) >= 11 is 17.9. The van der Waals surface area contributed by atoms with Crippen molar-refractivity contribution < 1.29 is 0 Å². The molecule has 18 heavy (non-hydrogen) atoms. The molecule has 0 saturated heterocycles. The van der Waals surface area contributed by atoms with E-state index in [1.54, 1.807) is 24.4 Å². The molecule has 0 radical (unpaired) electrons. The van der Waals surface area contributed by atoms with Crippen molar-refractivity contribution in [2.45, 2.75) is 0 Å². The van der Waals surface area contributed by atoms with E-state index >= 15 is 0 Å². The Hall–Kier alpha value is -1.36. The predicted octanol–water partition coefficient (Wildman–Crippen LogP) is 3.98. The van der Waals surface area contributed by atoms with Crippen molar-refractivity contribution in [1.29, 1.82) is 0 Å². The van der Waals surface area contributed by atoms with Crippen LogP contribution in [0.15, 0.2) is 24.4 Å². The van der Waals surface area contributed by atoms with Gasteiger partial charge in [0.25, 0.3) is 0 Å². The summed E-state index contributed by atoms with van der Waals surface area (Å²) in [5.41, 5.74) is 1.92. The molecular formula is C11H5Cl3N4. The van der Waals surface area contributed by atoms with Gasteiger partial charge in [-0.25, -0.2) is 4.98 Å². The molecule has 0 amide bonds. The Morgan fingerprint density at radius 3 is 2.67 bits per heavy atom. The summed E-state index contributed by atoms with van der Waals surface area (Å²) in [7, 11) is 0. The van der Waals surface area contributed by atoms with Crippen LogP contribution in [-0.2, 0) is 0 Å². The molecule has 90 valence electrons. The van der Waals surface area contributed by atoms with Crippen LogP contribution in [0.1, 0.15) is 0 Å². The van der Waals surface area contributed by atoms with Crippen LogP contribution >= 0.6 is 34.8 Å². The van der Waals surface area contributed by atoms with Gasteiger partial charge in [0.2, 0.25) is 5.28 Å². The minimum Gasteiger partial charge on any atom is -0.261 e. The van der Waals surface area contributed by atoms with Gasteiger partial charge in [0.05, 0.1) is 22.3 Å². The smallest absolute Gasteiger partial charge is 0.224 e. The number of nitrogens with one attached hydrogen (secondary N) is 1. The standard InChI is InChI=1S/C11H5Cl3N4/c12-5-1-2-6(8(13)3-5)9-7-4-15-18-10(7)17-11(14)16-9/h1-4H,(H,15,16,17,18). The maximum absolute atomic E-state index is 6.17. The Morgan fingerprint density at radius 2 is 1.89 bits per heavy atom. The van der Waals surface area contributed by atoms with Crippen molar-refractivity contribution in [2.75, 3.05) is 0 Å². The first-order valence-corrected chi connectivity index (χ1v) is 6.10. The predicted molar refractivity (Wildman–Crippen MR) is 72.1 cm³/mol. The van der Waals surface area contributed by atoms with Crippen LogP contribution in [-0.4, -0.2) is 20.2 Å². The highest BCUT2D eigenvalue weighted by atomic mass is 35.5. The highest BCUT2D eigenvalue weighted by molar-refractivity contribution is 6.36. The third-order valence-electron chi connectivity index (χ3n) is 2.47. The molecule has 2 heterocycles. The summed E-state index contributed by atoms with van der Waals surface area (Å²) in [5.74, 6) is 0. The number of H-pyrrole nitrogens is 1. The number of aromatic nitrogens is 4. The molecule has 1 aromatic carbocycles. The van der Waals surface area contributed by atoms with Crippen LogP contribution < -0.4 is 0 Å². The zero-order chi connectivity index (χ0) is 12.7. The zero-order valence-electron chi connectivity index (χ0n) is 8.78. The molecule has 0 unspecified atom stereocenters. The van der Waals surface area contributed by atoms with E-state index < -0.39 is 0 Å². The van der Waals surface area contributed by atoms with Crippen LogP contribution in [0.2, 0.25) is 15.3 Å². The van der Waals surface area contributed by atoms with Crippen LogP contribution in [0.5, 0.6) is 0 Å². The van der Waals surface area contributed by atoms with E-state index in [1.165, 1.54) is 0 Å². The maximum atomic E-state index is 6.17. The van der Waals surface area contributed by atoms with Gasteiger partial charge < -0.3 is 0 Å². The van der Waals surface area contributed by atoms with Gasteiger partial charge in [0.1, 0.15) is 0 Å². The molecule has 2 aromatic heterocycles. The quantitative estimate of drug-likeness (QED) is 0.691. The second-order valence-corrected chi connectivity index (χ2v) is 4.78. The molecule has 0 saturated carbocycles. The molecule has 0 spiro atoms. The van der Waals surface area contributed by atoms with Gasteiger partial charge in [-0.2, -0.15) is 10.1 Å². The number of halogens is 3. The highest BCUT2D eigenvalue weighted by Crippen LogP contribution is 2.33. The van der Waals surface area contributed by atoms with E-state index in [4.69, 9.17) is 34.8 Å². The third-order valence-corrected chi connectivity index (χ3v) is 3.19. The average molecular weight is 300 g/mol. The molecule has 3 aromatic rings. The largest absolute Gasteiger partial charge is 0.261 e. The first-order valence-electron chi connectivity index (χ1n) is 4.97. The van der Waals surface area contributed by atoms with E-state index in [0.29, 0.717) is 21.4 Å². The first kappa shape index (κ1) is 11.7. The number of benzene rings is 1. The van der Waals surface area contributed by atoms with Gasteiger partial charge in [-0.05, 0) is 29.8 Å². The Bertz CT molecular complexity index is 738. The number of aromatic amines is 1. The molecule has 0 atom stereocenters. The monoisotopic (exact) mass is 298 g/mol. The lowest BCUT2D eigenvalue weighted by Gasteiger charge is -2.05. The second kappa shape index (κ2) is 4.39. The lowest BCUT2D eigenvalue weighted by molar-refractivity contribution is 1.09. The fourth-order valence-electron chi connectivity index (χ4n) is 1.69. The third kappa shape index (κ3) is 1.92. The van der Waals surface area contributed by atoms with Crippen molar-refractivity contribution in [3.63, 3.8) is 0 Å². The van der Waals surface area contributed by atoms with Crippen molar-refractivity contribution >= 4 is 45.8 Å². The van der Waals surface area contributed by atoms with E-state index in [0.717, 1.165) is 10.9 Å². The molecule has 0 bridgehead atoms. The van der Waals surface area contributed by atoms with Crippen molar-refractivity contribution in [3.8, 4) is 11.3 Å². The lowest BCUT2D eigenvalue weighted by Crippen LogP contribution is -1.90. The van der Waals surface area contributed by atoms with Gasteiger partial charge in [-0.1, -0.05) is 23.2 Å². The fraction of sp³-hybridized carbons (Fsp3) is 0. The van der Waals surface area contributed by atoms with E-state index in [1.807, 2.05) is 0 Å². The molecule has 4 nitrogen and oxygen atoms in total. The molecular weight excluding hydrogens is 295 g/mol. The lowest BCUT2D eigenvalue weighted by atomic mass is 10.1. The summed E-state index contributed by atoms with van der Waals surface area (Å²) < 4.78 is 0. The van der Waals surface area contributed by atoms with Crippen LogP contribution in [0.3, 0.4) is 0 Å². The van der Waals surface area contributed by atoms with Gasteiger partial charge in [0.15, 0.2) is 5.65 Å². The Balaban J connectivity index is 2.33. The number of nitrogens with zero attached hydrogens (tertiary/aromatic N) is 3. The zero-order valence-corrected chi connectivity index (χ0v) is 11.1. The minimum atomic E-state index is 0.132. The number of hydrogen-bond donors (Lipinski definition) is 1. The van der Waals surface area contributed by atoms with Gasteiger partial charge in [0, 0.05) is 10.6 Å². The van der Waals surface area contributed by atoms with Crippen molar-refractivity contribution in [3.05, 3.63) is 39.7 Å². The molecule has 7 heteroatoms. The van der Waals surface area contributed by atoms with Gasteiger partial charge in [-0.3, -0.25) is 5.10 Å². The second-order valence-electron chi connectivity index (χ2n) is 3.60. The molecule has 1 N–H and O–H groups in total. The topological polar surface area (TPSA) is 54.5 Å². The van der Waals surface area contributed by atoms with E-state index in [2.05, 4.69) is 20.2 Å². The molecule has 0 fully saturated rings. The molecule has 0 aliphatic carbocycles. The number of fused-ring (bicyclic) bond motifs is 1. The van der Waals surface area contributed by atoms with E-state index in [9.17, 15) is 0 Å². The average Bonchev–Trinajstić information content (AvgIpc) is 2.76. The minimum absolute atomic E-state index is 0.132. The Labute approximate surface area is 117 Å². The molecule has 0 aliphatic rings. The SMILES string of the molecule is Clc1ccc(-c2nc(Cl)nc3[nH]ncc23)c(Cl)c1. The molecule has 0 aliphatic heterocycles. The maximum Gasteiger partial charge on any atom is 0.224 e. The van der Waals surface area contributed by atoms with Crippen molar-refractivity contribution in [2.24, 2.45) is 0 Å². The highest BCUT2D eigenvalue weighted by Gasteiger charge is 2.13.